The van der Waals surface area contributed by atoms with E-state index in [-0.39, 0.29) is 0 Å². The van der Waals surface area contributed by atoms with Crippen LogP contribution >= 0.6 is 0 Å². The molecule has 5 rings (SSSR count). The Morgan fingerprint density at radius 2 is 2.30 bits per heavy atom. The highest BCUT2D eigenvalue weighted by molar-refractivity contribution is 5.44. The lowest BCUT2D eigenvalue weighted by molar-refractivity contribution is -0.00816. The minimum absolute atomic E-state index is 0.504. The molecule has 3 aliphatic rings. The van der Waals surface area contributed by atoms with Gasteiger partial charge in [0.1, 0.15) is 0 Å². The van der Waals surface area contributed by atoms with Crippen LogP contribution in [0, 0.1) is 17.3 Å². The number of hydrogen-bond donors (Lipinski definition) is 1. The Balaban J connectivity index is 1.26. The molecule has 3 aliphatic carbocycles. The van der Waals surface area contributed by atoms with Gasteiger partial charge in [0.05, 0.1) is 12.8 Å². The van der Waals surface area contributed by atoms with Gasteiger partial charge in [-0.2, -0.15) is 4.98 Å². The normalized spacial score (nSPS) is 25.0. The molecule has 2 aromatic rings. The number of allylic oxidation sites excluding steroid dienone is 1. The first kappa shape index (κ1) is 14.7. The number of hydrogen-bond acceptors (Lipinski definition) is 5. The van der Waals surface area contributed by atoms with Gasteiger partial charge in [-0.15, -0.1) is 0 Å². The molecule has 5 nitrogen and oxygen atoms in total. The average Bonchev–Trinajstić information content (AvgIpc) is 3.22. The van der Waals surface area contributed by atoms with Crippen molar-refractivity contribution < 1.29 is 8.94 Å². The summed E-state index contributed by atoms with van der Waals surface area (Å²) in [6.45, 7) is 6.38. The quantitative estimate of drug-likeness (QED) is 0.649. The molecule has 0 amide bonds. The summed E-state index contributed by atoms with van der Waals surface area (Å²) in [6.07, 6.45) is 7.82. The SMILES string of the molecule is CC1(C)[C@H]2CC=C(CCNCc3nc(-c4ccco4)no3)[C@@H]1C2. The molecule has 2 aromatic heterocycles. The molecule has 0 saturated heterocycles. The molecule has 0 spiro atoms. The summed E-state index contributed by atoms with van der Waals surface area (Å²) < 4.78 is 10.5. The number of nitrogens with zero attached hydrogens (tertiary/aromatic N) is 2. The van der Waals surface area contributed by atoms with E-state index in [1.54, 1.807) is 11.8 Å². The van der Waals surface area contributed by atoms with Gasteiger partial charge in [-0.3, -0.25) is 0 Å². The fourth-order valence-electron chi connectivity index (χ4n) is 4.02. The fraction of sp³-hybridized carbons (Fsp3) is 0.556. The topological polar surface area (TPSA) is 64.1 Å². The van der Waals surface area contributed by atoms with Gasteiger partial charge in [-0.25, -0.2) is 0 Å². The van der Waals surface area contributed by atoms with Crippen LogP contribution in [-0.4, -0.2) is 16.7 Å². The minimum atomic E-state index is 0.504. The van der Waals surface area contributed by atoms with Gasteiger partial charge in [0.2, 0.25) is 11.7 Å². The van der Waals surface area contributed by atoms with Gasteiger partial charge in [0.25, 0.3) is 0 Å². The lowest BCUT2D eigenvalue weighted by atomic mass is 9.48. The maximum Gasteiger partial charge on any atom is 0.241 e. The van der Waals surface area contributed by atoms with E-state index < -0.39 is 0 Å². The Kier molecular flexibility index (Phi) is 3.60. The summed E-state index contributed by atoms with van der Waals surface area (Å²) >= 11 is 0. The van der Waals surface area contributed by atoms with Crippen molar-refractivity contribution in [3.05, 3.63) is 35.9 Å². The lowest BCUT2D eigenvalue weighted by Gasteiger charge is -2.56. The van der Waals surface area contributed by atoms with Crippen molar-refractivity contribution in [3.63, 3.8) is 0 Å². The monoisotopic (exact) mass is 313 g/mol. The Bertz CT molecular complexity index is 700. The highest BCUT2D eigenvalue weighted by atomic mass is 16.5. The van der Waals surface area contributed by atoms with Gasteiger partial charge in [-0.1, -0.05) is 30.7 Å². The van der Waals surface area contributed by atoms with Crippen LogP contribution in [0.4, 0.5) is 0 Å². The standard InChI is InChI=1S/C18H23N3O2/c1-18(2)13-6-5-12(14(18)10-13)7-8-19-11-16-20-17(21-23-16)15-4-3-9-22-15/h3-5,9,13-14,19H,6-8,10-11H2,1-2H3/t13-,14-/m0/s1. The predicted molar refractivity (Wildman–Crippen MR) is 86.4 cm³/mol. The van der Waals surface area contributed by atoms with Crippen LogP contribution in [0.25, 0.3) is 11.6 Å². The molecule has 0 aromatic carbocycles. The van der Waals surface area contributed by atoms with Crippen LogP contribution in [0.1, 0.15) is 39.0 Å². The number of aromatic nitrogens is 2. The van der Waals surface area contributed by atoms with E-state index in [0.29, 0.717) is 29.4 Å². The van der Waals surface area contributed by atoms with Gasteiger partial charge in [-0.05, 0) is 55.2 Å². The molecule has 23 heavy (non-hydrogen) atoms. The average molecular weight is 313 g/mol. The molecule has 1 N–H and O–H groups in total. The molecule has 2 atom stereocenters. The van der Waals surface area contributed by atoms with Crippen LogP contribution in [0.2, 0.25) is 0 Å². The lowest BCUT2D eigenvalue weighted by Crippen LogP contribution is -2.48. The first-order chi connectivity index (χ1) is 11.1. The predicted octanol–water partition coefficient (Wildman–Crippen LogP) is 3.80. The first-order valence-corrected chi connectivity index (χ1v) is 8.40. The summed E-state index contributed by atoms with van der Waals surface area (Å²) in [7, 11) is 0. The van der Waals surface area contributed by atoms with E-state index >= 15 is 0 Å². The molecule has 0 radical (unpaired) electrons. The highest BCUT2D eigenvalue weighted by Crippen LogP contribution is 2.59. The third kappa shape index (κ3) is 2.63. The molecule has 2 heterocycles. The minimum Gasteiger partial charge on any atom is -0.461 e. The van der Waals surface area contributed by atoms with E-state index in [4.69, 9.17) is 8.94 Å². The first-order valence-electron chi connectivity index (χ1n) is 8.40. The molecule has 122 valence electrons. The molecule has 5 heteroatoms. The molecular formula is C18H23N3O2. The largest absolute Gasteiger partial charge is 0.461 e. The van der Waals surface area contributed by atoms with Crippen molar-refractivity contribution in [3.8, 4) is 11.6 Å². The number of furan rings is 1. The van der Waals surface area contributed by atoms with Gasteiger partial charge >= 0.3 is 0 Å². The second-order valence-corrected chi connectivity index (χ2v) is 7.24. The number of nitrogens with one attached hydrogen (secondary N) is 1. The zero-order valence-corrected chi connectivity index (χ0v) is 13.7. The van der Waals surface area contributed by atoms with Crippen LogP contribution < -0.4 is 5.32 Å². The van der Waals surface area contributed by atoms with Crippen molar-refractivity contribution in [2.24, 2.45) is 17.3 Å². The van der Waals surface area contributed by atoms with Crippen LogP contribution in [0.3, 0.4) is 0 Å². The van der Waals surface area contributed by atoms with Gasteiger partial charge < -0.3 is 14.3 Å². The Morgan fingerprint density at radius 3 is 3.04 bits per heavy atom. The zero-order chi connectivity index (χ0) is 15.9. The molecule has 0 aliphatic heterocycles. The number of fused-ring (bicyclic) bond motifs is 1. The number of rotatable bonds is 6. The van der Waals surface area contributed by atoms with Crippen molar-refractivity contribution in [1.82, 2.24) is 15.5 Å². The van der Waals surface area contributed by atoms with Crippen LogP contribution in [0.15, 0.2) is 39.0 Å². The summed E-state index contributed by atoms with van der Waals surface area (Å²) in [6, 6.07) is 3.64. The van der Waals surface area contributed by atoms with Crippen molar-refractivity contribution >= 4 is 0 Å². The summed E-state index contributed by atoms with van der Waals surface area (Å²) in [5.41, 5.74) is 2.14. The van der Waals surface area contributed by atoms with Crippen molar-refractivity contribution in [2.45, 2.75) is 39.7 Å². The van der Waals surface area contributed by atoms with E-state index in [1.807, 2.05) is 12.1 Å². The van der Waals surface area contributed by atoms with E-state index in [9.17, 15) is 0 Å². The molecular weight excluding hydrogens is 290 g/mol. The van der Waals surface area contributed by atoms with E-state index in [2.05, 4.69) is 35.4 Å². The zero-order valence-electron chi connectivity index (χ0n) is 13.7. The molecule has 2 bridgehead atoms. The Morgan fingerprint density at radius 1 is 1.39 bits per heavy atom. The smallest absolute Gasteiger partial charge is 0.241 e. The molecule has 0 unspecified atom stereocenters. The second-order valence-electron chi connectivity index (χ2n) is 7.24. The maximum atomic E-state index is 5.26. The van der Waals surface area contributed by atoms with Gasteiger partial charge in [0.15, 0.2) is 5.76 Å². The molecule has 1 fully saturated rings. The Hall–Kier alpha value is -1.88. The maximum absolute atomic E-state index is 5.26. The Labute approximate surface area is 136 Å². The third-order valence-electron chi connectivity index (χ3n) is 5.66. The highest BCUT2D eigenvalue weighted by Gasteiger charge is 2.50. The second kappa shape index (κ2) is 5.64. The molecule has 1 saturated carbocycles. The third-order valence-corrected chi connectivity index (χ3v) is 5.66. The van der Waals surface area contributed by atoms with Crippen molar-refractivity contribution in [2.75, 3.05) is 6.54 Å². The van der Waals surface area contributed by atoms with Crippen LogP contribution in [-0.2, 0) is 6.54 Å². The summed E-state index contributed by atoms with van der Waals surface area (Å²) in [5.74, 6) is 3.43. The van der Waals surface area contributed by atoms with Crippen molar-refractivity contribution in [1.29, 1.82) is 0 Å². The summed E-state index contributed by atoms with van der Waals surface area (Å²) in [5, 5.41) is 7.34. The van der Waals surface area contributed by atoms with E-state index in [0.717, 1.165) is 24.8 Å². The van der Waals surface area contributed by atoms with Gasteiger partial charge in [0, 0.05) is 0 Å². The van der Waals surface area contributed by atoms with Crippen LogP contribution in [0.5, 0.6) is 0 Å². The summed E-state index contributed by atoms with van der Waals surface area (Å²) in [4.78, 5) is 4.33. The fourth-order valence-corrected chi connectivity index (χ4v) is 4.02. The van der Waals surface area contributed by atoms with E-state index in [1.165, 1.54) is 12.8 Å².